The summed E-state index contributed by atoms with van der Waals surface area (Å²) in [4.78, 5) is 34.1. The Kier molecular flexibility index (Phi) is 53.3. The summed E-state index contributed by atoms with van der Waals surface area (Å²) in [6.07, 6.45) is 47.5. The lowest BCUT2D eigenvalue weighted by Crippen LogP contribution is -2.50. The third-order valence-electron chi connectivity index (χ3n) is 24.3. The second-order valence-corrected chi connectivity index (χ2v) is 57.3. The zero-order chi connectivity index (χ0) is 78.2. The van der Waals surface area contributed by atoms with Crippen molar-refractivity contribution >= 4 is 45.3 Å². The molecule has 1 aromatic carbocycles. The molecule has 0 spiro atoms. The molecular weight excluding hydrogens is 1350 g/mol. The summed E-state index contributed by atoms with van der Waals surface area (Å²) in [5, 5.41) is 3.38. The van der Waals surface area contributed by atoms with Crippen LogP contribution in [0.25, 0.3) is 0 Å². The summed E-state index contributed by atoms with van der Waals surface area (Å²) in [7, 11) is -8.52. The highest BCUT2D eigenvalue weighted by molar-refractivity contribution is 6.75. The highest BCUT2D eigenvalue weighted by atomic mass is 28.4. The van der Waals surface area contributed by atoms with E-state index in [1.807, 2.05) is 18.2 Å². The maximum absolute atomic E-state index is 14.6. The number of esters is 1. The Bertz CT molecular complexity index is 2140. The van der Waals surface area contributed by atoms with Gasteiger partial charge in [0, 0.05) is 39.3 Å². The first kappa shape index (κ1) is 101. The molecule has 0 aliphatic heterocycles. The van der Waals surface area contributed by atoms with Crippen LogP contribution in [0.1, 0.15) is 367 Å². The van der Waals surface area contributed by atoms with Gasteiger partial charge in [-0.25, -0.2) is 9.59 Å². The summed E-state index contributed by atoms with van der Waals surface area (Å²) in [6, 6.07) is 9.39. The van der Waals surface area contributed by atoms with Gasteiger partial charge in [-0.05, 0) is 129 Å². The van der Waals surface area contributed by atoms with E-state index in [9.17, 15) is 9.59 Å². The second kappa shape index (κ2) is 55.1. The number of rotatable bonds is 65. The molecular formula is C89H179N3O8Si4. The molecule has 614 valence electrons. The van der Waals surface area contributed by atoms with Crippen molar-refractivity contribution in [2.75, 3.05) is 52.5 Å². The minimum atomic E-state index is -2.13. The van der Waals surface area contributed by atoms with Crippen molar-refractivity contribution in [3.8, 4) is 0 Å². The lowest BCUT2D eigenvalue weighted by atomic mass is 10.0. The molecule has 1 N–H and O–H groups in total. The average molecular weight is 1530 g/mol. The molecule has 0 aromatic heterocycles. The van der Waals surface area contributed by atoms with Gasteiger partial charge >= 0.3 is 12.1 Å². The number of carbonyl (C=O) groups excluding carboxylic acids is 2. The van der Waals surface area contributed by atoms with Crippen LogP contribution in [0, 0.1) is 0 Å². The lowest BCUT2D eigenvalue weighted by Gasteiger charge is -2.42. The molecule has 0 saturated heterocycles. The van der Waals surface area contributed by atoms with Crippen LogP contribution >= 0.6 is 0 Å². The maximum atomic E-state index is 14.6. The topological polar surface area (TPSA) is 108 Å². The van der Waals surface area contributed by atoms with Crippen LogP contribution < -0.4 is 5.32 Å². The number of hydrogen-bond acceptors (Lipinski definition) is 10. The SMILES string of the molecule is CCCCCCCCCCC(CN(CCCOC(=O)N[C@@H](CCc1ccccc1)C(=O)OCCCN(CC(CCCCCCCCCC)O[Si](C)(C)C(C)(C)C)CC(CCCCCCCCCC)O[Si](C)(C)C(C)(C)C)CC(CCCCCCCCCC)O[Si](C)(C)C(C)(C)C)O[Si](C)(C)C(C)(C)C. The Hall–Kier alpha value is -1.41. The van der Waals surface area contributed by atoms with Gasteiger partial charge in [0.2, 0.25) is 0 Å². The van der Waals surface area contributed by atoms with Crippen molar-refractivity contribution in [2.24, 2.45) is 0 Å². The van der Waals surface area contributed by atoms with Gasteiger partial charge in [0.05, 0.1) is 37.6 Å². The second-order valence-electron chi connectivity index (χ2n) is 38.3. The third-order valence-corrected chi connectivity index (χ3v) is 42.4. The van der Waals surface area contributed by atoms with E-state index in [1.54, 1.807) is 0 Å². The van der Waals surface area contributed by atoms with Gasteiger partial charge in [0.1, 0.15) is 6.04 Å². The van der Waals surface area contributed by atoms with Crippen LogP contribution in [0.2, 0.25) is 72.5 Å². The summed E-state index contributed by atoms with van der Waals surface area (Å²) < 4.78 is 42.3. The van der Waals surface area contributed by atoms with Crippen molar-refractivity contribution in [2.45, 2.75) is 471 Å². The lowest BCUT2D eigenvalue weighted by molar-refractivity contribution is -0.146. The van der Waals surface area contributed by atoms with Crippen LogP contribution in [0.5, 0.6) is 0 Å². The largest absolute Gasteiger partial charge is 0.464 e. The van der Waals surface area contributed by atoms with Gasteiger partial charge < -0.3 is 32.5 Å². The zero-order valence-electron chi connectivity index (χ0n) is 73.9. The summed E-state index contributed by atoms with van der Waals surface area (Å²) in [5.74, 6) is -0.410. The number of nitrogens with zero attached hydrogens (tertiary/aromatic N) is 2. The first-order chi connectivity index (χ1) is 48.8. The Morgan fingerprint density at radius 1 is 0.346 bits per heavy atom. The van der Waals surface area contributed by atoms with E-state index in [-0.39, 0.29) is 57.8 Å². The van der Waals surface area contributed by atoms with E-state index in [0.29, 0.717) is 25.7 Å². The number of unbranched alkanes of at least 4 members (excludes halogenated alkanes) is 28. The minimum Gasteiger partial charge on any atom is -0.464 e. The number of benzene rings is 1. The highest BCUT2D eigenvalue weighted by Gasteiger charge is 2.44. The van der Waals surface area contributed by atoms with Crippen LogP contribution in [-0.2, 0) is 38.4 Å². The van der Waals surface area contributed by atoms with E-state index in [1.165, 1.54) is 205 Å². The molecule has 1 aromatic rings. The molecule has 0 aliphatic carbocycles. The first-order valence-corrected chi connectivity index (χ1v) is 55.8. The predicted molar refractivity (Wildman–Crippen MR) is 463 cm³/mol. The van der Waals surface area contributed by atoms with Crippen LogP contribution in [0.3, 0.4) is 0 Å². The van der Waals surface area contributed by atoms with E-state index in [0.717, 1.165) is 70.5 Å². The normalized spacial score (nSPS) is 14.7. The number of amides is 1. The van der Waals surface area contributed by atoms with Crippen molar-refractivity contribution in [3.63, 3.8) is 0 Å². The Balaban J connectivity index is 3.69. The number of nitrogens with one attached hydrogen (secondary N) is 1. The minimum absolute atomic E-state index is 0.0830. The van der Waals surface area contributed by atoms with Crippen molar-refractivity contribution in [1.29, 1.82) is 0 Å². The molecule has 104 heavy (non-hydrogen) atoms. The number of carbonyl (C=O) groups is 2. The number of hydrogen-bond donors (Lipinski definition) is 1. The average Bonchev–Trinajstić information content (AvgIpc) is 0.845. The fourth-order valence-electron chi connectivity index (χ4n) is 13.2. The van der Waals surface area contributed by atoms with Gasteiger partial charge in [-0.1, -0.05) is 347 Å². The summed E-state index contributed by atoms with van der Waals surface area (Å²) in [5.41, 5.74) is 1.11. The molecule has 0 heterocycles. The predicted octanol–water partition coefficient (Wildman–Crippen LogP) is 27.3. The number of ether oxygens (including phenoxy) is 2. The molecule has 15 heteroatoms. The monoisotopic (exact) mass is 1530 g/mol. The Morgan fingerprint density at radius 3 is 0.856 bits per heavy atom. The molecule has 0 bridgehead atoms. The molecule has 0 radical (unpaired) electrons. The fourth-order valence-corrected chi connectivity index (χ4v) is 18.7. The fraction of sp³-hybridized carbons (Fsp3) is 0.910. The third kappa shape index (κ3) is 47.1. The highest BCUT2D eigenvalue weighted by Crippen LogP contribution is 2.42. The molecule has 0 fully saturated rings. The quantitative estimate of drug-likeness (QED) is 0.0385. The smallest absolute Gasteiger partial charge is 0.407 e. The molecule has 4 unspecified atom stereocenters. The van der Waals surface area contributed by atoms with Crippen molar-refractivity contribution < 1.29 is 36.8 Å². The van der Waals surface area contributed by atoms with Gasteiger partial charge in [0.25, 0.3) is 0 Å². The van der Waals surface area contributed by atoms with Gasteiger partial charge in [-0.3, -0.25) is 9.80 Å². The van der Waals surface area contributed by atoms with Crippen LogP contribution in [-0.4, -0.2) is 138 Å². The molecule has 5 atom stereocenters. The zero-order valence-corrected chi connectivity index (χ0v) is 77.9. The van der Waals surface area contributed by atoms with Crippen LogP contribution in [0.15, 0.2) is 30.3 Å². The standard InChI is InChI=1S/C89H179N3O8Si4/c1-25-29-33-37-41-45-49-56-64-79(97-101(17,18)86(5,6)7)74-91(75-80(98-102(19,20)87(8,9)10)65-57-50-46-42-38-34-30-26-2)70-60-72-95-84(93)83(69-68-78-62-54-53-55-63-78)90-85(94)96-73-61-71-92(76-81(99-103(21,22)88(11,12)13)66-58-51-47-43-39-35-31-27-3)77-82(100-104(23,24)89(14,15)16)67-59-52-48-44-40-36-32-28-4/h53-55,62-63,79-83H,25-52,56-61,64-77H2,1-24H3,(H,90,94)/t79?,80?,81?,82?,83-/m0/s1. The van der Waals surface area contributed by atoms with Gasteiger partial charge in [0.15, 0.2) is 33.3 Å². The van der Waals surface area contributed by atoms with Gasteiger partial charge in [-0.15, -0.1) is 0 Å². The number of aryl methyl sites for hydroxylation is 1. The summed E-state index contributed by atoms with van der Waals surface area (Å²) >= 11 is 0. The van der Waals surface area contributed by atoms with Crippen molar-refractivity contribution in [1.82, 2.24) is 15.1 Å². The summed E-state index contributed by atoms with van der Waals surface area (Å²) in [6.45, 7) is 62.1. The Morgan fingerprint density at radius 2 is 0.596 bits per heavy atom. The first-order valence-electron chi connectivity index (χ1n) is 44.1. The maximum Gasteiger partial charge on any atom is 0.407 e. The van der Waals surface area contributed by atoms with Crippen LogP contribution in [0.4, 0.5) is 4.79 Å². The van der Waals surface area contributed by atoms with E-state index in [4.69, 9.17) is 27.2 Å². The molecule has 11 nitrogen and oxygen atoms in total. The van der Waals surface area contributed by atoms with E-state index in [2.05, 4.69) is 190 Å². The Labute approximate surface area is 652 Å². The van der Waals surface area contributed by atoms with E-state index >= 15 is 0 Å². The van der Waals surface area contributed by atoms with Crippen molar-refractivity contribution in [3.05, 3.63) is 35.9 Å². The molecule has 0 saturated carbocycles. The molecule has 1 amide bonds. The molecule has 1 rings (SSSR count). The number of alkyl carbamates (subject to hydrolysis) is 1. The van der Waals surface area contributed by atoms with E-state index < -0.39 is 51.4 Å². The van der Waals surface area contributed by atoms with Gasteiger partial charge in [-0.2, -0.15) is 0 Å². The molecule has 0 aliphatic rings.